The van der Waals surface area contributed by atoms with Gasteiger partial charge in [0.2, 0.25) is 0 Å². The zero-order valence-corrected chi connectivity index (χ0v) is 18.7. The van der Waals surface area contributed by atoms with Crippen LogP contribution in [-0.2, 0) is 10.0 Å². The number of nitrogens with zero attached hydrogens (tertiary/aromatic N) is 1. The number of fused-ring (bicyclic) bond motifs is 5. The Morgan fingerprint density at radius 3 is 2.40 bits per heavy atom. The lowest BCUT2D eigenvalue weighted by molar-refractivity contribution is -0.0411. The number of sulfonamides is 1. The molecule has 7 atom stereocenters. The van der Waals surface area contributed by atoms with Gasteiger partial charge in [-0.3, -0.25) is 0 Å². The monoisotopic (exact) mass is 430 g/mol. The van der Waals surface area contributed by atoms with Crippen LogP contribution in [0.25, 0.3) is 0 Å². The molecule has 5 rings (SSSR count). The zero-order valence-electron chi connectivity index (χ0n) is 17.8. The number of nitrogens with one attached hydrogen (secondary N) is 1. The van der Waals surface area contributed by atoms with E-state index in [2.05, 4.69) is 9.93 Å². The Morgan fingerprint density at radius 2 is 1.60 bits per heavy atom. The molecule has 4 saturated carbocycles. The Balaban J connectivity index is 1.28. The predicted octanol–water partition coefficient (Wildman–Crippen LogP) is 4.25. The Bertz CT molecular complexity index is 911. The van der Waals surface area contributed by atoms with Crippen LogP contribution in [0.1, 0.15) is 63.4 Å². The van der Waals surface area contributed by atoms with Crippen LogP contribution < -0.4 is 4.83 Å². The summed E-state index contributed by atoms with van der Waals surface area (Å²) in [5, 5.41) is 14.5. The Kier molecular flexibility index (Phi) is 5.42. The molecule has 5 nitrogen and oxygen atoms in total. The van der Waals surface area contributed by atoms with Crippen molar-refractivity contribution in [3.63, 3.8) is 0 Å². The van der Waals surface area contributed by atoms with Crippen LogP contribution in [0.5, 0.6) is 0 Å². The van der Waals surface area contributed by atoms with E-state index in [1.807, 2.05) is 19.1 Å². The van der Waals surface area contributed by atoms with Gasteiger partial charge >= 0.3 is 0 Å². The van der Waals surface area contributed by atoms with Crippen LogP contribution in [0.15, 0.2) is 34.3 Å². The molecule has 0 saturated heterocycles. The van der Waals surface area contributed by atoms with E-state index in [0.29, 0.717) is 11.8 Å². The normalized spacial score (nSPS) is 39.8. The molecule has 0 spiro atoms. The van der Waals surface area contributed by atoms with Crippen LogP contribution >= 0.6 is 0 Å². The molecule has 0 aliphatic heterocycles. The molecule has 0 bridgehead atoms. The average Bonchev–Trinajstić information content (AvgIpc) is 3.15. The molecule has 2 N–H and O–H groups in total. The van der Waals surface area contributed by atoms with Gasteiger partial charge < -0.3 is 5.11 Å². The Hall–Kier alpha value is -1.40. The summed E-state index contributed by atoms with van der Waals surface area (Å²) in [7, 11) is -3.61. The molecule has 6 heteroatoms. The van der Waals surface area contributed by atoms with Gasteiger partial charge in [-0.25, -0.2) is 4.83 Å². The van der Waals surface area contributed by atoms with Crippen LogP contribution in [0.4, 0.5) is 0 Å². The predicted molar refractivity (Wildman–Crippen MR) is 117 cm³/mol. The second-order valence-corrected chi connectivity index (χ2v) is 11.9. The van der Waals surface area contributed by atoms with Gasteiger partial charge in [0.05, 0.1) is 11.0 Å². The van der Waals surface area contributed by atoms with Gasteiger partial charge in [-0.2, -0.15) is 13.5 Å². The van der Waals surface area contributed by atoms with Crippen LogP contribution in [0.2, 0.25) is 0 Å². The third kappa shape index (κ3) is 3.70. The zero-order chi connectivity index (χ0) is 20.9. The van der Waals surface area contributed by atoms with Crippen LogP contribution in [-0.4, -0.2) is 25.3 Å². The highest BCUT2D eigenvalue weighted by Crippen LogP contribution is 2.57. The van der Waals surface area contributed by atoms with Crippen molar-refractivity contribution in [3.8, 4) is 0 Å². The lowest BCUT2D eigenvalue weighted by Gasteiger charge is -2.52. The number of benzene rings is 1. The molecule has 0 radical (unpaired) electrons. The Labute approximate surface area is 180 Å². The number of rotatable bonds is 3. The van der Waals surface area contributed by atoms with E-state index in [-0.39, 0.29) is 11.0 Å². The van der Waals surface area contributed by atoms with Gasteiger partial charge in [-0.1, -0.05) is 17.7 Å². The molecular weight excluding hydrogens is 396 g/mol. The van der Waals surface area contributed by atoms with Gasteiger partial charge in [0.1, 0.15) is 0 Å². The van der Waals surface area contributed by atoms with Gasteiger partial charge in [0.15, 0.2) is 0 Å². The maximum atomic E-state index is 12.6. The molecule has 1 aromatic carbocycles. The second kappa shape index (κ2) is 7.94. The summed E-state index contributed by atoms with van der Waals surface area (Å²) < 4.78 is 25.3. The summed E-state index contributed by atoms with van der Waals surface area (Å²) in [6, 6.07) is 6.91. The lowest BCUT2D eigenvalue weighted by Crippen LogP contribution is -2.45. The topological polar surface area (TPSA) is 78.8 Å². The number of hydrazone groups is 1. The highest BCUT2D eigenvalue weighted by molar-refractivity contribution is 7.89. The first kappa shape index (κ1) is 20.5. The summed E-state index contributed by atoms with van der Waals surface area (Å²) in [5.41, 5.74) is 2.10. The van der Waals surface area contributed by atoms with E-state index in [1.54, 1.807) is 12.1 Å². The minimum Gasteiger partial charge on any atom is -0.393 e. The molecule has 1 aromatic rings. The van der Waals surface area contributed by atoms with E-state index < -0.39 is 10.0 Å². The highest BCUT2D eigenvalue weighted by atomic mass is 32.2. The molecule has 0 heterocycles. The molecular formula is C24H34N2O3S. The van der Waals surface area contributed by atoms with Crippen molar-refractivity contribution < 1.29 is 13.5 Å². The third-order valence-electron chi connectivity index (χ3n) is 8.66. The van der Waals surface area contributed by atoms with Crippen molar-refractivity contribution in [3.05, 3.63) is 29.8 Å². The highest BCUT2D eigenvalue weighted by Gasteiger charge is 2.51. The smallest absolute Gasteiger partial charge is 0.276 e. The Morgan fingerprint density at radius 1 is 0.900 bits per heavy atom. The second-order valence-electron chi connectivity index (χ2n) is 10.2. The van der Waals surface area contributed by atoms with Crippen molar-refractivity contribution in [1.29, 1.82) is 0 Å². The van der Waals surface area contributed by atoms with Gasteiger partial charge in [0.25, 0.3) is 10.0 Å². The summed E-state index contributed by atoms with van der Waals surface area (Å²) >= 11 is 0. The van der Waals surface area contributed by atoms with Gasteiger partial charge in [-0.05, 0) is 106 Å². The molecule has 0 aromatic heterocycles. The largest absolute Gasteiger partial charge is 0.393 e. The maximum absolute atomic E-state index is 12.6. The molecule has 4 aliphatic rings. The van der Waals surface area contributed by atoms with E-state index >= 15 is 0 Å². The molecule has 30 heavy (non-hydrogen) atoms. The van der Waals surface area contributed by atoms with Crippen molar-refractivity contribution in [2.45, 2.75) is 75.7 Å². The van der Waals surface area contributed by atoms with Crippen molar-refractivity contribution in [1.82, 2.24) is 4.83 Å². The number of aryl methyl sites for hydroxylation is 1. The van der Waals surface area contributed by atoms with E-state index in [1.165, 1.54) is 25.7 Å². The van der Waals surface area contributed by atoms with Crippen LogP contribution in [0.3, 0.4) is 0 Å². The van der Waals surface area contributed by atoms with Crippen LogP contribution in [0, 0.1) is 42.4 Å². The van der Waals surface area contributed by atoms with Crippen molar-refractivity contribution in [2.75, 3.05) is 0 Å². The summed E-state index contributed by atoms with van der Waals surface area (Å²) in [6.45, 7) is 1.95. The first-order valence-corrected chi connectivity index (χ1v) is 13.2. The summed E-state index contributed by atoms with van der Waals surface area (Å²) in [5.74, 6) is 4.20. The van der Waals surface area contributed by atoms with Gasteiger partial charge in [-0.15, -0.1) is 0 Å². The number of aliphatic hydroxyl groups excluding tert-OH is 1. The first-order valence-electron chi connectivity index (χ1n) is 11.8. The van der Waals surface area contributed by atoms with E-state index in [0.717, 1.165) is 67.1 Å². The van der Waals surface area contributed by atoms with Crippen molar-refractivity contribution >= 4 is 15.7 Å². The van der Waals surface area contributed by atoms with Gasteiger partial charge in [0, 0.05) is 11.6 Å². The fourth-order valence-electron chi connectivity index (χ4n) is 7.30. The molecule has 0 amide bonds. The van der Waals surface area contributed by atoms with E-state index in [9.17, 15) is 13.5 Å². The molecule has 0 unspecified atom stereocenters. The lowest BCUT2D eigenvalue weighted by atomic mass is 9.53. The molecule has 4 fully saturated rings. The standard InChI is InChI=1S/C24H34N2O3S/c1-15-2-6-18(7-3-15)30(28,29)26-25-24-13-12-22-21-8-4-16-14-17(27)5-9-19(16)20(21)10-11-23(22)24/h2-3,6-7,16-17,19-23,26-27H,4-5,8-14H2,1H3/b25-24-/t16-,17-,19-,20-,21-,22+,23+/m0/s1. The fraction of sp³-hybridized carbons (Fsp3) is 0.708. The SMILES string of the molecule is Cc1ccc(S(=O)(=O)N/N=C2/CC[C@@H]3[C@H]4CC[C@H]5C[C@@H](O)CC[C@@H]5[C@@H]4CC[C@@H]23)cc1. The summed E-state index contributed by atoms with van der Waals surface area (Å²) in [6.07, 6.45) is 10.1. The number of hydrogen-bond donors (Lipinski definition) is 2. The minimum absolute atomic E-state index is 0.0779. The number of aliphatic hydroxyl groups is 1. The molecule has 164 valence electrons. The number of hydrogen-bond acceptors (Lipinski definition) is 4. The first-order chi connectivity index (χ1) is 14.4. The van der Waals surface area contributed by atoms with E-state index in [4.69, 9.17) is 0 Å². The minimum atomic E-state index is -3.61. The molecule has 4 aliphatic carbocycles. The third-order valence-corrected chi connectivity index (χ3v) is 9.89. The average molecular weight is 431 g/mol. The fourth-order valence-corrected chi connectivity index (χ4v) is 8.13. The van der Waals surface area contributed by atoms with Crippen molar-refractivity contribution in [2.24, 2.45) is 40.6 Å². The quantitative estimate of drug-likeness (QED) is 0.704. The maximum Gasteiger partial charge on any atom is 0.276 e. The summed E-state index contributed by atoms with van der Waals surface area (Å²) in [4.78, 5) is 2.80.